The van der Waals surface area contributed by atoms with E-state index in [4.69, 9.17) is 4.74 Å². The smallest absolute Gasteiger partial charge is 0.256 e. The minimum Gasteiger partial charge on any atom is -0.490 e. The average Bonchev–Trinajstić information content (AvgIpc) is 2.93. The van der Waals surface area contributed by atoms with Gasteiger partial charge in [0.05, 0.1) is 6.26 Å². The first-order chi connectivity index (χ1) is 20.0. The highest BCUT2D eigenvalue weighted by molar-refractivity contribution is 7.89. The molecular weight excluding hydrogens is 569 g/mol. The lowest BCUT2D eigenvalue weighted by Crippen LogP contribution is -2.53. The fraction of sp³-hybridized carbons (Fsp3) is 0.161. The number of nitrogens with one attached hydrogen (secondary N) is 1. The first kappa shape index (κ1) is 30.3. The van der Waals surface area contributed by atoms with E-state index in [0.717, 1.165) is 22.9 Å². The van der Waals surface area contributed by atoms with Gasteiger partial charge in [0.2, 0.25) is 15.9 Å². The molecule has 218 valence electrons. The molecule has 0 radical (unpaired) electrons. The lowest BCUT2D eigenvalue weighted by Gasteiger charge is -2.35. The van der Waals surface area contributed by atoms with Crippen LogP contribution in [-0.2, 0) is 32.6 Å². The summed E-state index contributed by atoms with van der Waals surface area (Å²) >= 11 is 0. The number of sulfonamides is 1. The Morgan fingerprint density at radius 1 is 0.976 bits per heavy atom. The highest BCUT2D eigenvalue weighted by atomic mass is 32.2. The van der Waals surface area contributed by atoms with Gasteiger partial charge in [-0.1, -0.05) is 48.6 Å². The van der Waals surface area contributed by atoms with E-state index in [1.54, 1.807) is 30.4 Å². The quantitative estimate of drug-likeness (QED) is 0.283. The molecule has 1 atom stereocenters. The first-order valence-electron chi connectivity index (χ1n) is 12.8. The molecule has 0 saturated heterocycles. The van der Waals surface area contributed by atoms with Crippen molar-refractivity contribution in [2.75, 3.05) is 12.9 Å². The van der Waals surface area contributed by atoms with E-state index >= 15 is 0 Å². The van der Waals surface area contributed by atoms with Crippen LogP contribution >= 0.6 is 0 Å². The van der Waals surface area contributed by atoms with Crippen molar-refractivity contribution < 1.29 is 35.9 Å². The highest BCUT2D eigenvalue weighted by Gasteiger charge is 2.35. The molecule has 0 aliphatic carbocycles. The maximum absolute atomic E-state index is 13.7. The van der Waals surface area contributed by atoms with Gasteiger partial charge in [-0.15, -0.1) is 0 Å². The Morgan fingerprint density at radius 2 is 1.69 bits per heavy atom. The maximum Gasteiger partial charge on any atom is 0.256 e. The highest BCUT2D eigenvalue weighted by Crippen LogP contribution is 2.28. The first-order valence-corrected chi connectivity index (χ1v) is 14.7. The molecule has 3 aromatic carbocycles. The predicted molar refractivity (Wildman–Crippen MR) is 153 cm³/mol. The van der Waals surface area contributed by atoms with E-state index in [2.05, 4.69) is 0 Å². The second-order valence-corrected chi connectivity index (χ2v) is 11.2. The van der Waals surface area contributed by atoms with Gasteiger partial charge in [0, 0.05) is 36.7 Å². The van der Waals surface area contributed by atoms with Crippen molar-refractivity contribution in [1.29, 1.82) is 0 Å². The predicted octanol–water partition coefficient (Wildman–Crippen LogP) is 4.79. The zero-order valence-corrected chi connectivity index (χ0v) is 23.3. The van der Waals surface area contributed by atoms with Crippen molar-refractivity contribution in [1.82, 2.24) is 9.62 Å². The van der Waals surface area contributed by atoms with E-state index in [1.165, 1.54) is 29.2 Å². The van der Waals surface area contributed by atoms with Crippen LogP contribution in [0.3, 0.4) is 0 Å². The number of carbonyl (C=O) groups excluding carboxylic acids is 2. The van der Waals surface area contributed by atoms with Crippen LogP contribution in [0.2, 0.25) is 0 Å². The molecule has 11 heteroatoms. The zero-order valence-electron chi connectivity index (χ0n) is 22.5. The molecular formula is C31H27F3N2O5S. The van der Waals surface area contributed by atoms with Gasteiger partial charge in [-0.2, -0.15) is 0 Å². The molecule has 3 aromatic rings. The van der Waals surface area contributed by atoms with Gasteiger partial charge < -0.3 is 9.64 Å². The van der Waals surface area contributed by atoms with Crippen molar-refractivity contribution in [3.8, 4) is 5.75 Å². The number of hydrogen-bond acceptors (Lipinski definition) is 5. The number of nitrogens with zero attached hydrogens (tertiary/aromatic N) is 1. The van der Waals surface area contributed by atoms with E-state index in [9.17, 15) is 31.2 Å². The molecule has 4 rings (SSSR count). The fourth-order valence-electron chi connectivity index (χ4n) is 4.34. The second kappa shape index (κ2) is 13.3. The molecule has 0 fully saturated rings. The number of hydrogen-bond donors (Lipinski definition) is 1. The summed E-state index contributed by atoms with van der Waals surface area (Å²) in [5, 5.41) is 0. The van der Waals surface area contributed by atoms with Crippen LogP contribution in [0.15, 0.2) is 85.0 Å². The van der Waals surface area contributed by atoms with Crippen molar-refractivity contribution >= 4 is 34.0 Å². The van der Waals surface area contributed by atoms with Crippen LogP contribution in [0.4, 0.5) is 13.2 Å². The van der Waals surface area contributed by atoms with Crippen molar-refractivity contribution in [2.45, 2.75) is 19.0 Å². The van der Waals surface area contributed by atoms with Gasteiger partial charge in [-0.25, -0.2) is 21.6 Å². The van der Waals surface area contributed by atoms with Gasteiger partial charge in [-0.05, 0) is 47.1 Å². The summed E-state index contributed by atoms with van der Waals surface area (Å²) in [6.07, 6.45) is 9.61. The Labute approximate surface area is 241 Å². The number of halogens is 3. The minimum absolute atomic E-state index is 0.0414. The van der Waals surface area contributed by atoms with E-state index in [-0.39, 0.29) is 25.1 Å². The summed E-state index contributed by atoms with van der Waals surface area (Å²) in [5.41, 5.74) is 1.90. The average molecular weight is 597 g/mol. The monoisotopic (exact) mass is 596 g/mol. The summed E-state index contributed by atoms with van der Waals surface area (Å²) < 4.78 is 71.6. The number of amides is 2. The van der Waals surface area contributed by atoms with E-state index in [1.807, 2.05) is 35.1 Å². The molecule has 0 bridgehead atoms. The van der Waals surface area contributed by atoms with Crippen molar-refractivity contribution in [3.63, 3.8) is 0 Å². The van der Waals surface area contributed by atoms with Gasteiger partial charge in [0.25, 0.3) is 5.91 Å². The maximum atomic E-state index is 13.7. The zero-order chi connectivity index (χ0) is 30.3. The van der Waals surface area contributed by atoms with Crippen LogP contribution in [0.5, 0.6) is 5.75 Å². The lowest BCUT2D eigenvalue weighted by molar-refractivity contribution is -0.137. The third-order valence-corrected chi connectivity index (χ3v) is 6.87. The molecule has 0 aromatic heterocycles. The van der Waals surface area contributed by atoms with Crippen LogP contribution in [0.1, 0.15) is 22.3 Å². The molecule has 7 nitrogen and oxygen atoms in total. The molecule has 1 aliphatic heterocycles. The second-order valence-electron chi connectivity index (χ2n) is 9.48. The SMILES string of the molecule is CS(=O)(=O)NC(=O)[C@@H]1Cc2ccc(OC/C=C/C=C/c3c(F)cc(F)cc3F)cc2CN1C(=O)/C=C/c1ccccc1. The summed E-state index contributed by atoms with van der Waals surface area (Å²) in [6.45, 7) is 0.152. The molecule has 1 heterocycles. The van der Waals surface area contributed by atoms with Crippen molar-refractivity contribution in [3.05, 3.63) is 125 Å². The van der Waals surface area contributed by atoms with Crippen LogP contribution in [0.25, 0.3) is 12.2 Å². The summed E-state index contributed by atoms with van der Waals surface area (Å²) in [5.74, 6) is -3.82. The number of benzene rings is 3. The fourth-order valence-corrected chi connectivity index (χ4v) is 4.84. The van der Waals surface area contributed by atoms with Gasteiger partial charge in [0.15, 0.2) is 0 Å². The largest absolute Gasteiger partial charge is 0.490 e. The third-order valence-electron chi connectivity index (χ3n) is 6.30. The molecule has 1 N–H and O–H groups in total. The molecule has 0 unspecified atom stereocenters. The summed E-state index contributed by atoms with van der Waals surface area (Å²) in [7, 11) is -3.84. The third kappa shape index (κ3) is 8.20. The van der Waals surface area contributed by atoms with Crippen LogP contribution < -0.4 is 9.46 Å². The van der Waals surface area contributed by atoms with E-state index in [0.29, 0.717) is 17.9 Å². The molecule has 0 saturated carbocycles. The van der Waals surface area contributed by atoms with Gasteiger partial charge in [0.1, 0.15) is 35.8 Å². The summed E-state index contributed by atoms with van der Waals surface area (Å²) in [6, 6.07) is 14.4. The Balaban J connectivity index is 1.46. The Kier molecular flexibility index (Phi) is 9.64. The van der Waals surface area contributed by atoms with Gasteiger partial charge in [-0.3, -0.25) is 14.3 Å². The normalized spacial score (nSPS) is 15.3. The number of carbonyl (C=O) groups is 2. The Hall–Kier alpha value is -4.64. The molecule has 42 heavy (non-hydrogen) atoms. The lowest BCUT2D eigenvalue weighted by atomic mass is 9.93. The topological polar surface area (TPSA) is 92.8 Å². The number of allylic oxidation sites excluding steroid dienone is 2. The van der Waals surface area contributed by atoms with Crippen molar-refractivity contribution in [2.24, 2.45) is 0 Å². The molecule has 2 amide bonds. The van der Waals surface area contributed by atoms with E-state index < -0.39 is 45.3 Å². The van der Waals surface area contributed by atoms with Crippen LogP contribution in [-0.4, -0.2) is 44.0 Å². The minimum atomic E-state index is -3.84. The van der Waals surface area contributed by atoms with Gasteiger partial charge >= 0.3 is 0 Å². The number of rotatable bonds is 9. The standard InChI is InChI=1S/C31H27F3N2O5S/c1-42(39,40)35-31(38)29-17-22-12-13-25(41-15-7-3-6-10-26-27(33)18-24(32)19-28(26)34)16-23(22)20-36(29)30(37)14-11-21-8-4-2-5-9-21/h2-14,16,18-19,29H,15,17,20H2,1H3,(H,35,38)/b7-3+,10-6+,14-11+/t29-/m0/s1. The molecule has 0 spiro atoms. The van der Waals surface area contributed by atoms with Crippen LogP contribution in [0, 0.1) is 17.5 Å². The molecule has 1 aliphatic rings. The number of fused-ring (bicyclic) bond motifs is 1. The summed E-state index contributed by atoms with van der Waals surface area (Å²) in [4.78, 5) is 27.3. The number of ether oxygens (including phenoxy) is 1. The Morgan fingerprint density at radius 3 is 2.38 bits per heavy atom. The Bertz CT molecular complexity index is 1650.